The lowest BCUT2D eigenvalue weighted by molar-refractivity contribution is -0.113. The standard InChI is InChI=1S/C14H11FN2O3S/c15-10-2-1-3-11(13(10)14(19)20)17-12(18)8-21-9-4-6-16-7-5-9/h1-7H,8H2,(H,17,18)(H,19,20). The first-order valence-corrected chi connectivity index (χ1v) is 6.91. The van der Waals surface area contributed by atoms with E-state index in [-0.39, 0.29) is 11.4 Å². The predicted octanol–water partition coefficient (Wildman–Crippen LogP) is 2.65. The van der Waals surface area contributed by atoms with Gasteiger partial charge in [0.25, 0.3) is 0 Å². The maximum atomic E-state index is 13.5. The molecule has 0 radical (unpaired) electrons. The van der Waals surface area contributed by atoms with Gasteiger partial charge < -0.3 is 10.4 Å². The second-order valence-corrected chi connectivity index (χ2v) is 5.04. The molecule has 1 amide bonds. The Morgan fingerprint density at radius 1 is 1.24 bits per heavy atom. The molecule has 0 aliphatic carbocycles. The van der Waals surface area contributed by atoms with Crippen molar-refractivity contribution in [3.05, 3.63) is 54.1 Å². The van der Waals surface area contributed by atoms with Crippen LogP contribution in [0.5, 0.6) is 0 Å². The zero-order chi connectivity index (χ0) is 15.2. The Morgan fingerprint density at radius 2 is 1.95 bits per heavy atom. The number of benzene rings is 1. The minimum atomic E-state index is -1.43. The third-order valence-corrected chi connectivity index (χ3v) is 3.53. The monoisotopic (exact) mass is 306 g/mol. The Bertz CT molecular complexity index is 665. The number of hydrogen-bond donors (Lipinski definition) is 2. The summed E-state index contributed by atoms with van der Waals surface area (Å²) >= 11 is 1.27. The Balaban J connectivity index is 2.03. The smallest absolute Gasteiger partial charge is 0.340 e. The molecule has 0 atom stereocenters. The van der Waals surface area contributed by atoms with Gasteiger partial charge in [0.2, 0.25) is 5.91 Å². The van der Waals surface area contributed by atoms with E-state index in [2.05, 4.69) is 10.3 Å². The van der Waals surface area contributed by atoms with E-state index < -0.39 is 23.3 Å². The lowest BCUT2D eigenvalue weighted by Crippen LogP contribution is -2.17. The Morgan fingerprint density at radius 3 is 2.62 bits per heavy atom. The van der Waals surface area contributed by atoms with Gasteiger partial charge in [-0.1, -0.05) is 6.07 Å². The zero-order valence-corrected chi connectivity index (χ0v) is 11.6. The molecule has 0 bridgehead atoms. The average molecular weight is 306 g/mol. The molecule has 0 unspecified atom stereocenters. The van der Waals surface area contributed by atoms with Crippen molar-refractivity contribution in [2.24, 2.45) is 0 Å². The molecule has 7 heteroatoms. The first-order chi connectivity index (χ1) is 10.1. The van der Waals surface area contributed by atoms with E-state index in [1.54, 1.807) is 24.5 Å². The van der Waals surface area contributed by atoms with Crippen LogP contribution in [0.3, 0.4) is 0 Å². The van der Waals surface area contributed by atoms with Gasteiger partial charge in [0.1, 0.15) is 11.4 Å². The summed E-state index contributed by atoms with van der Waals surface area (Å²) in [6, 6.07) is 7.23. The maximum Gasteiger partial charge on any atom is 0.340 e. The molecule has 0 saturated heterocycles. The van der Waals surface area contributed by atoms with E-state index in [9.17, 15) is 14.0 Å². The summed E-state index contributed by atoms with van der Waals surface area (Å²) in [5, 5.41) is 11.4. The molecule has 0 spiro atoms. The first-order valence-electron chi connectivity index (χ1n) is 5.92. The van der Waals surface area contributed by atoms with Gasteiger partial charge in [0, 0.05) is 17.3 Å². The van der Waals surface area contributed by atoms with Crippen LogP contribution in [0.1, 0.15) is 10.4 Å². The highest BCUT2D eigenvalue weighted by Gasteiger charge is 2.17. The molecule has 2 aromatic rings. The molecule has 2 N–H and O–H groups in total. The van der Waals surface area contributed by atoms with Gasteiger partial charge in [-0.2, -0.15) is 0 Å². The second kappa shape index (κ2) is 6.85. The van der Waals surface area contributed by atoms with Gasteiger partial charge in [-0.05, 0) is 24.3 Å². The van der Waals surface area contributed by atoms with Crippen molar-refractivity contribution in [3.8, 4) is 0 Å². The van der Waals surface area contributed by atoms with Crippen molar-refractivity contribution in [1.29, 1.82) is 0 Å². The van der Waals surface area contributed by atoms with Crippen molar-refractivity contribution in [3.63, 3.8) is 0 Å². The van der Waals surface area contributed by atoms with Gasteiger partial charge >= 0.3 is 5.97 Å². The SMILES string of the molecule is O=C(CSc1ccncc1)Nc1cccc(F)c1C(=O)O. The largest absolute Gasteiger partial charge is 0.478 e. The molecule has 0 saturated carbocycles. The summed E-state index contributed by atoms with van der Waals surface area (Å²) in [6.07, 6.45) is 3.21. The van der Waals surface area contributed by atoms with Crippen LogP contribution < -0.4 is 5.32 Å². The molecule has 0 aliphatic rings. The van der Waals surface area contributed by atoms with Crippen LogP contribution in [0, 0.1) is 5.82 Å². The Hall–Kier alpha value is -2.41. The molecule has 0 aliphatic heterocycles. The number of aromatic carboxylic acids is 1. The van der Waals surface area contributed by atoms with Crippen LogP contribution in [0.15, 0.2) is 47.6 Å². The molecule has 1 heterocycles. The quantitative estimate of drug-likeness (QED) is 0.830. The van der Waals surface area contributed by atoms with Crippen molar-refractivity contribution in [2.75, 3.05) is 11.1 Å². The second-order valence-electron chi connectivity index (χ2n) is 3.99. The van der Waals surface area contributed by atoms with E-state index in [1.807, 2.05) is 0 Å². The van der Waals surface area contributed by atoms with Gasteiger partial charge in [-0.15, -0.1) is 11.8 Å². The number of anilines is 1. The van der Waals surface area contributed by atoms with Crippen LogP contribution in [0.2, 0.25) is 0 Å². The molecular formula is C14H11FN2O3S. The van der Waals surface area contributed by atoms with E-state index in [4.69, 9.17) is 5.11 Å². The zero-order valence-electron chi connectivity index (χ0n) is 10.7. The lowest BCUT2D eigenvalue weighted by atomic mass is 10.1. The van der Waals surface area contributed by atoms with E-state index in [1.165, 1.54) is 23.9 Å². The van der Waals surface area contributed by atoms with Gasteiger partial charge in [-0.25, -0.2) is 9.18 Å². The third kappa shape index (κ3) is 4.03. The fourth-order valence-corrected chi connectivity index (χ4v) is 2.30. The highest BCUT2D eigenvalue weighted by atomic mass is 32.2. The number of pyridine rings is 1. The number of nitrogens with zero attached hydrogens (tertiary/aromatic N) is 1. The van der Waals surface area contributed by atoms with Gasteiger partial charge in [0.15, 0.2) is 0 Å². The van der Waals surface area contributed by atoms with Crippen molar-refractivity contribution in [1.82, 2.24) is 4.98 Å². The van der Waals surface area contributed by atoms with Gasteiger partial charge in [-0.3, -0.25) is 9.78 Å². The number of carboxylic acid groups (broad SMARTS) is 1. The molecular weight excluding hydrogens is 295 g/mol. The predicted molar refractivity (Wildman–Crippen MR) is 77.0 cm³/mol. The fourth-order valence-electron chi connectivity index (χ4n) is 1.62. The van der Waals surface area contributed by atoms with Gasteiger partial charge in [0.05, 0.1) is 11.4 Å². The highest BCUT2D eigenvalue weighted by Crippen LogP contribution is 2.20. The maximum absolute atomic E-state index is 13.5. The number of amides is 1. The molecule has 1 aromatic heterocycles. The van der Waals surface area contributed by atoms with Crippen LogP contribution >= 0.6 is 11.8 Å². The molecule has 0 fully saturated rings. The van der Waals surface area contributed by atoms with Crippen molar-refractivity contribution >= 4 is 29.3 Å². The summed E-state index contributed by atoms with van der Waals surface area (Å²) < 4.78 is 13.5. The summed E-state index contributed by atoms with van der Waals surface area (Å²) in [7, 11) is 0. The summed E-state index contributed by atoms with van der Waals surface area (Å²) in [4.78, 5) is 27.5. The van der Waals surface area contributed by atoms with Crippen LogP contribution in [0.25, 0.3) is 0 Å². The number of thioether (sulfide) groups is 1. The number of carbonyl (C=O) groups is 2. The minimum absolute atomic E-state index is 0.0529. The molecule has 1 aromatic carbocycles. The van der Waals surface area contributed by atoms with E-state index in [0.717, 1.165) is 11.0 Å². The highest BCUT2D eigenvalue weighted by molar-refractivity contribution is 8.00. The van der Waals surface area contributed by atoms with Crippen molar-refractivity contribution in [2.45, 2.75) is 4.90 Å². The van der Waals surface area contributed by atoms with Crippen LogP contribution in [0.4, 0.5) is 10.1 Å². The van der Waals surface area contributed by atoms with E-state index in [0.29, 0.717) is 0 Å². The van der Waals surface area contributed by atoms with E-state index >= 15 is 0 Å². The topological polar surface area (TPSA) is 79.3 Å². The lowest BCUT2D eigenvalue weighted by Gasteiger charge is -2.09. The number of hydrogen-bond acceptors (Lipinski definition) is 4. The summed E-state index contributed by atoms with van der Waals surface area (Å²) in [5.74, 6) is -2.64. The number of carboxylic acids is 1. The van der Waals surface area contributed by atoms with Crippen LogP contribution in [-0.2, 0) is 4.79 Å². The number of nitrogens with one attached hydrogen (secondary N) is 1. The minimum Gasteiger partial charge on any atom is -0.478 e. The number of aromatic nitrogens is 1. The molecule has 2 rings (SSSR count). The molecule has 5 nitrogen and oxygen atoms in total. The Labute approximate surface area is 124 Å². The number of halogens is 1. The Kier molecular flexibility index (Phi) is 4.89. The summed E-state index contributed by atoms with van der Waals surface area (Å²) in [5.41, 5.74) is -0.595. The molecule has 21 heavy (non-hydrogen) atoms. The first kappa shape index (κ1) is 15.0. The normalized spacial score (nSPS) is 10.1. The van der Waals surface area contributed by atoms with Crippen LogP contribution in [-0.4, -0.2) is 27.7 Å². The average Bonchev–Trinajstić information content (AvgIpc) is 2.46. The summed E-state index contributed by atoms with van der Waals surface area (Å²) in [6.45, 7) is 0. The third-order valence-electron chi connectivity index (χ3n) is 2.52. The number of carbonyl (C=O) groups excluding carboxylic acids is 1. The molecule has 108 valence electrons. The van der Waals surface area contributed by atoms with Crippen molar-refractivity contribution < 1.29 is 19.1 Å². The number of rotatable bonds is 5. The fraction of sp³-hybridized carbons (Fsp3) is 0.0714.